The summed E-state index contributed by atoms with van der Waals surface area (Å²) in [6.45, 7) is 6.52. The highest BCUT2D eigenvalue weighted by Crippen LogP contribution is 2.18. The molecule has 7 nitrogen and oxygen atoms in total. The maximum Gasteiger partial charge on any atom is 0.310 e. The molecule has 2 rings (SSSR count). The molecule has 1 amide bonds. The summed E-state index contributed by atoms with van der Waals surface area (Å²) < 4.78 is 5.16. The lowest BCUT2D eigenvalue weighted by atomic mass is 9.95. The highest BCUT2D eigenvalue weighted by atomic mass is 16.5. The number of nitrogens with one attached hydrogen (secondary N) is 2. The topological polar surface area (TPSA) is 83.0 Å². The van der Waals surface area contributed by atoms with Crippen LogP contribution in [0.15, 0.2) is 4.99 Å². The van der Waals surface area contributed by atoms with Gasteiger partial charge in [0.25, 0.3) is 0 Å². The van der Waals surface area contributed by atoms with Crippen molar-refractivity contribution in [1.82, 2.24) is 15.5 Å². The van der Waals surface area contributed by atoms with Crippen LogP contribution in [0.3, 0.4) is 0 Å². The minimum absolute atomic E-state index is 0.0220. The molecule has 148 valence electrons. The Morgan fingerprint density at radius 2 is 1.88 bits per heavy atom. The third-order valence-electron chi connectivity index (χ3n) is 5.02. The number of carbonyl (C=O) groups excluding carboxylic acids is 2. The second-order valence-electron chi connectivity index (χ2n) is 7.11. The highest BCUT2D eigenvalue weighted by Gasteiger charge is 2.28. The largest absolute Gasteiger partial charge is 0.466 e. The maximum absolute atomic E-state index is 12.2. The zero-order valence-corrected chi connectivity index (χ0v) is 16.3. The number of amides is 1. The molecule has 2 N–H and O–H groups in total. The quantitative estimate of drug-likeness (QED) is 0.424. The SMILES string of the molecule is CCNC(=NCC(=O)NC1CCCCC1)N1CCCC(C(=O)OCC)C1. The summed E-state index contributed by atoms with van der Waals surface area (Å²) in [5.74, 6) is 0.429. The highest BCUT2D eigenvalue weighted by molar-refractivity contribution is 5.85. The number of esters is 1. The van der Waals surface area contributed by atoms with E-state index in [0.717, 1.165) is 38.8 Å². The van der Waals surface area contributed by atoms with Crippen molar-refractivity contribution < 1.29 is 14.3 Å². The van der Waals surface area contributed by atoms with E-state index < -0.39 is 0 Å². The Hall–Kier alpha value is -1.79. The van der Waals surface area contributed by atoms with Crippen LogP contribution >= 0.6 is 0 Å². The number of carbonyl (C=O) groups is 2. The minimum atomic E-state index is -0.136. The second-order valence-corrected chi connectivity index (χ2v) is 7.11. The molecule has 1 unspecified atom stereocenters. The fourth-order valence-electron chi connectivity index (χ4n) is 3.71. The van der Waals surface area contributed by atoms with Gasteiger partial charge in [-0.2, -0.15) is 0 Å². The van der Waals surface area contributed by atoms with Crippen LogP contribution in [0.4, 0.5) is 0 Å². The average molecular weight is 367 g/mol. The number of nitrogens with zero attached hydrogens (tertiary/aromatic N) is 2. The van der Waals surface area contributed by atoms with Crippen molar-refractivity contribution in [3.8, 4) is 0 Å². The summed E-state index contributed by atoms with van der Waals surface area (Å²) >= 11 is 0. The number of guanidine groups is 1. The van der Waals surface area contributed by atoms with Gasteiger partial charge in [-0.05, 0) is 39.5 Å². The fourth-order valence-corrected chi connectivity index (χ4v) is 3.71. The minimum Gasteiger partial charge on any atom is -0.466 e. The molecule has 0 spiro atoms. The van der Waals surface area contributed by atoms with Gasteiger partial charge in [-0.1, -0.05) is 19.3 Å². The number of likely N-dealkylation sites (tertiary alicyclic amines) is 1. The first-order valence-corrected chi connectivity index (χ1v) is 10.1. The molecule has 1 heterocycles. The van der Waals surface area contributed by atoms with Gasteiger partial charge in [0.2, 0.25) is 5.91 Å². The number of ether oxygens (including phenoxy) is 1. The van der Waals surface area contributed by atoms with Crippen LogP contribution < -0.4 is 10.6 Å². The van der Waals surface area contributed by atoms with Crippen LogP contribution in [-0.4, -0.2) is 61.6 Å². The summed E-state index contributed by atoms with van der Waals surface area (Å²) in [5.41, 5.74) is 0. The molecule has 7 heteroatoms. The zero-order valence-electron chi connectivity index (χ0n) is 16.3. The van der Waals surface area contributed by atoms with E-state index in [-0.39, 0.29) is 24.3 Å². The fraction of sp³-hybridized carbons (Fsp3) is 0.842. The van der Waals surface area contributed by atoms with Gasteiger partial charge in [-0.25, -0.2) is 4.99 Å². The van der Waals surface area contributed by atoms with E-state index in [2.05, 4.69) is 20.5 Å². The lowest BCUT2D eigenvalue weighted by molar-refractivity contribution is -0.149. The van der Waals surface area contributed by atoms with Crippen molar-refractivity contribution in [2.75, 3.05) is 32.8 Å². The summed E-state index contributed by atoms with van der Waals surface area (Å²) in [5, 5.41) is 6.34. The summed E-state index contributed by atoms with van der Waals surface area (Å²) in [7, 11) is 0. The molecule has 1 aliphatic carbocycles. The third-order valence-corrected chi connectivity index (χ3v) is 5.02. The van der Waals surface area contributed by atoms with Crippen LogP contribution in [-0.2, 0) is 14.3 Å². The van der Waals surface area contributed by atoms with Crippen LogP contribution in [0.1, 0.15) is 58.8 Å². The summed E-state index contributed by atoms with van der Waals surface area (Å²) in [4.78, 5) is 30.8. The van der Waals surface area contributed by atoms with Gasteiger partial charge in [0, 0.05) is 25.7 Å². The second kappa shape index (κ2) is 11.0. The number of rotatable bonds is 6. The molecule has 0 radical (unpaired) electrons. The zero-order chi connectivity index (χ0) is 18.8. The Balaban J connectivity index is 1.89. The van der Waals surface area contributed by atoms with Crippen LogP contribution in [0, 0.1) is 5.92 Å². The molecule has 0 aromatic carbocycles. The molecule has 0 aromatic heterocycles. The van der Waals surface area contributed by atoms with Crippen molar-refractivity contribution in [2.24, 2.45) is 10.9 Å². The molecule has 1 aliphatic heterocycles. The first-order chi connectivity index (χ1) is 12.6. The maximum atomic E-state index is 12.2. The van der Waals surface area contributed by atoms with E-state index in [0.29, 0.717) is 25.2 Å². The molecular weight excluding hydrogens is 332 g/mol. The molecule has 1 atom stereocenters. The molecule has 0 aromatic rings. The molecular formula is C19H34N4O3. The lowest BCUT2D eigenvalue weighted by Gasteiger charge is -2.34. The van der Waals surface area contributed by atoms with Gasteiger partial charge < -0.3 is 20.3 Å². The van der Waals surface area contributed by atoms with E-state index in [1.807, 2.05) is 13.8 Å². The molecule has 1 saturated heterocycles. The predicted octanol–water partition coefficient (Wildman–Crippen LogP) is 1.68. The van der Waals surface area contributed by atoms with Crippen molar-refractivity contribution in [3.05, 3.63) is 0 Å². The van der Waals surface area contributed by atoms with Gasteiger partial charge in [0.1, 0.15) is 6.54 Å². The molecule has 2 fully saturated rings. The van der Waals surface area contributed by atoms with Crippen LogP contribution in [0.5, 0.6) is 0 Å². The van der Waals surface area contributed by atoms with E-state index in [1.165, 1.54) is 19.3 Å². The van der Waals surface area contributed by atoms with Crippen molar-refractivity contribution >= 4 is 17.8 Å². The van der Waals surface area contributed by atoms with E-state index >= 15 is 0 Å². The normalized spacial score (nSPS) is 22.0. The van der Waals surface area contributed by atoms with E-state index in [4.69, 9.17) is 4.74 Å². The summed E-state index contributed by atoms with van der Waals surface area (Å²) in [6, 6.07) is 0.303. The van der Waals surface area contributed by atoms with Crippen LogP contribution in [0.2, 0.25) is 0 Å². The number of aliphatic imine (C=N–C) groups is 1. The number of hydrogen-bond acceptors (Lipinski definition) is 4. The van der Waals surface area contributed by atoms with Gasteiger partial charge in [0.15, 0.2) is 5.96 Å². The first-order valence-electron chi connectivity index (χ1n) is 10.1. The Bertz CT molecular complexity index is 489. The lowest BCUT2D eigenvalue weighted by Crippen LogP contribution is -2.48. The Kier molecular flexibility index (Phi) is 8.71. The Morgan fingerprint density at radius 1 is 1.12 bits per heavy atom. The van der Waals surface area contributed by atoms with Crippen molar-refractivity contribution in [1.29, 1.82) is 0 Å². The standard InChI is InChI=1S/C19H34N4O3/c1-3-20-19(21-13-17(24)22-16-10-6-5-7-11-16)23-12-8-9-15(14-23)18(25)26-4-2/h15-16H,3-14H2,1-2H3,(H,20,21)(H,22,24). The van der Waals surface area contributed by atoms with Crippen molar-refractivity contribution in [2.45, 2.75) is 64.8 Å². The van der Waals surface area contributed by atoms with Gasteiger partial charge in [-0.3, -0.25) is 9.59 Å². The average Bonchev–Trinajstić information content (AvgIpc) is 2.66. The smallest absolute Gasteiger partial charge is 0.310 e. The summed E-state index contributed by atoms with van der Waals surface area (Å²) in [6.07, 6.45) is 7.57. The first kappa shape index (κ1) is 20.5. The Morgan fingerprint density at radius 3 is 2.58 bits per heavy atom. The molecule has 0 bridgehead atoms. The predicted molar refractivity (Wildman–Crippen MR) is 102 cm³/mol. The van der Waals surface area contributed by atoms with Gasteiger partial charge in [0.05, 0.1) is 12.5 Å². The van der Waals surface area contributed by atoms with Gasteiger partial charge >= 0.3 is 5.97 Å². The van der Waals surface area contributed by atoms with Crippen LogP contribution in [0.25, 0.3) is 0 Å². The third kappa shape index (κ3) is 6.50. The molecule has 26 heavy (non-hydrogen) atoms. The molecule has 2 aliphatic rings. The number of hydrogen-bond donors (Lipinski definition) is 2. The van der Waals surface area contributed by atoms with Crippen molar-refractivity contribution in [3.63, 3.8) is 0 Å². The van der Waals surface area contributed by atoms with E-state index in [1.54, 1.807) is 0 Å². The Labute approximate surface area is 156 Å². The van der Waals surface area contributed by atoms with Gasteiger partial charge in [-0.15, -0.1) is 0 Å². The monoisotopic (exact) mass is 366 g/mol. The van der Waals surface area contributed by atoms with E-state index in [9.17, 15) is 9.59 Å². The molecule has 1 saturated carbocycles. The number of piperidine rings is 1.